The fourth-order valence-corrected chi connectivity index (χ4v) is 2.24. The summed E-state index contributed by atoms with van der Waals surface area (Å²) in [6, 6.07) is 7.51. The maximum absolute atomic E-state index is 12.1. The van der Waals surface area contributed by atoms with Crippen molar-refractivity contribution in [1.29, 1.82) is 0 Å². The molecule has 0 spiro atoms. The first kappa shape index (κ1) is 10.7. The molecular weight excluding hydrogens is 238 g/mol. The number of halogens is 1. The van der Waals surface area contributed by atoms with Crippen molar-refractivity contribution in [2.24, 2.45) is 0 Å². The minimum atomic E-state index is -0.184. The summed E-state index contributed by atoms with van der Waals surface area (Å²) < 4.78 is 5.34. The summed E-state index contributed by atoms with van der Waals surface area (Å²) in [7, 11) is 0. The quantitative estimate of drug-likeness (QED) is 0.850. The minimum absolute atomic E-state index is 0.104. The number of carbonyl (C=O) groups excluding carboxylic acids is 1. The maximum atomic E-state index is 12.1. The zero-order valence-corrected chi connectivity index (χ0v) is 9.96. The van der Waals surface area contributed by atoms with E-state index in [1.54, 1.807) is 0 Å². The number of alkyl halides is 1. The summed E-state index contributed by atoms with van der Waals surface area (Å²) in [5, 5.41) is 3.82. The Bertz CT molecular complexity index is 572. The van der Waals surface area contributed by atoms with Crippen LogP contribution in [0.1, 0.15) is 23.2 Å². The van der Waals surface area contributed by atoms with Crippen LogP contribution in [0.3, 0.4) is 0 Å². The second-order valence-corrected chi connectivity index (χ2v) is 4.78. The van der Waals surface area contributed by atoms with Crippen LogP contribution in [0.25, 0.3) is 11.0 Å². The monoisotopic (exact) mass is 249 g/mol. The fraction of sp³-hybridized carbons (Fsp3) is 0.308. The molecule has 17 heavy (non-hydrogen) atoms. The smallest absolute Gasteiger partial charge is 0.255 e. The Labute approximate surface area is 104 Å². The van der Waals surface area contributed by atoms with Gasteiger partial charge in [0.05, 0.1) is 11.1 Å². The lowest BCUT2D eigenvalue weighted by molar-refractivity contribution is 0.0937. The number of nitrogens with one attached hydrogen (secondary N) is 1. The molecule has 1 aliphatic rings. The van der Waals surface area contributed by atoms with Crippen LogP contribution in [-0.4, -0.2) is 17.3 Å². The standard InChI is InChI=1S/C13H12ClNO2/c14-8-13(5-6-13)15-12(16)10-7-17-11-4-2-1-3-9(10)11/h1-4,7H,5-6,8H2,(H,15,16). The van der Waals surface area contributed by atoms with Gasteiger partial charge in [0.25, 0.3) is 5.91 Å². The van der Waals surface area contributed by atoms with Crippen molar-refractivity contribution in [3.05, 3.63) is 36.1 Å². The van der Waals surface area contributed by atoms with E-state index in [4.69, 9.17) is 16.0 Å². The highest BCUT2D eigenvalue weighted by Crippen LogP contribution is 2.37. The summed E-state index contributed by atoms with van der Waals surface area (Å²) >= 11 is 5.84. The SMILES string of the molecule is O=C(NC1(CCl)CC1)c1coc2ccccc12. The van der Waals surface area contributed by atoms with Crippen molar-refractivity contribution in [3.8, 4) is 0 Å². The molecule has 2 aromatic rings. The van der Waals surface area contributed by atoms with Crippen LogP contribution in [0.5, 0.6) is 0 Å². The minimum Gasteiger partial charge on any atom is -0.463 e. The van der Waals surface area contributed by atoms with Gasteiger partial charge < -0.3 is 9.73 Å². The second-order valence-electron chi connectivity index (χ2n) is 4.51. The van der Waals surface area contributed by atoms with E-state index in [9.17, 15) is 4.79 Å². The fourth-order valence-electron chi connectivity index (χ4n) is 1.90. The molecule has 1 fully saturated rings. The van der Waals surface area contributed by atoms with Crippen molar-refractivity contribution < 1.29 is 9.21 Å². The normalized spacial score (nSPS) is 17.0. The van der Waals surface area contributed by atoms with Gasteiger partial charge in [0.1, 0.15) is 11.8 Å². The molecule has 1 N–H and O–H groups in total. The average molecular weight is 250 g/mol. The number of para-hydroxylation sites is 1. The van der Waals surface area contributed by atoms with Crippen LogP contribution >= 0.6 is 11.6 Å². The predicted molar refractivity (Wildman–Crippen MR) is 66.4 cm³/mol. The Balaban J connectivity index is 1.91. The molecule has 1 saturated carbocycles. The Kier molecular flexibility index (Phi) is 2.37. The Hall–Kier alpha value is -1.48. The van der Waals surface area contributed by atoms with E-state index in [0.717, 1.165) is 23.8 Å². The number of hydrogen-bond donors (Lipinski definition) is 1. The lowest BCUT2D eigenvalue weighted by Crippen LogP contribution is -2.38. The highest BCUT2D eigenvalue weighted by Gasteiger charge is 2.43. The van der Waals surface area contributed by atoms with Gasteiger partial charge in [-0.15, -0.1) is 11.6 Å². The molecule has 88 valence electrons. The van der Waals surface area contributed by atoms with Gasteiger partial charge in [-0.25, -0.2) is 0 Å². The van der Waals surface area contributed by atoms with Gasteiger partial charge in [-0.2, -0.15) is 0 Å². The molecule has 0 radical (unpaired) electrons. The molecule has 0 aliphatic heterocycles. The molecule has 3 nitrogen and oxygen atoms in total. The maximum Gasteiger partial charge on any atom is 0.255 e. The Morgan fingerprint density at radius 2 is 2.18 bits per heavy atom. The van der Waals surface area contributed by atoms with Gasteiger partial charge in [0.15, 0.2) is 0 Å². The summed E-state index contributed by atoms with van der Waals surface area (Å²) in [6.07, 6.45) is 3.42. The van der Waals surface area contributed by atoms with Gasteiger partial charge in [-0.05, 0) is 18.9 Å². The van der Waals surface area contributed by atoms with Gasteiger partial charge >= 0.3 is 0 Å². The topological polar surface area (TPSA) is 42.2 Å². The van der Waals surface area contributed by atoms with Crippen molar-refractivity contribution in [2.75, 3.05) is 5.88 Å². The lowest BCUT2D eigenvalue weighted by atomic mass is 10.1. The highest BCUT2D eigenvalue weighted by atomic mass is 35.5. The zero-order valence-electron chi connectivity index (χ0n) is 9.20. The van der Waals surface area contributed by atoms with Gasteiger partial charge in [0.2, 0.25) is 0 Å². The molecule has 1 amide bonds. The number of fused-ring (bicyclic) bond motifs is 1. The summed E-state index contributed by atoms with van der Waals surface area (Å²) in [5.74, 6) is 0.363. The number of hydrogen-bond acceptors (Lipinski definition) is 2. The van der Waals surface area contributed by atoms with Gasteiger partial charge in [-0.3, -0.25) is 4.79 Å². The molecule has 1 heterocycles. The average Bonchev–Trinajstić information content (AvgIpc) is 2.99. The molecule has 4 heteroatoms. The van der Waals surface area contributed by atoms with E-state index in [0.29, 0.717) is 11.4 Å². The number of carbonyl (C=O) groups is 1. The first-order valence-corrected chi connectivity index (χ1v) is 6.12. The van der Waals surface area contributed by atoms with E-state index < -0.39 is 0 Å². The molecular formula is C13H12ClNO2. The molecule has 1 aromatic heterocycles. The van der Waals surface area contributed by atoms with E-state index >= 15 is 0 Å². The van der Waals surface area contributed by atoms with Crippen LogP contribution in [0.2, 0.25) is 0 Å². The van der Waals surface area contributed by atoms with E-state index in [-0.39, 0.29) is 11.4 Å². The zero-order chi connectivity index (χ0) is 11.9. The van der Waals surface area contributed by atoms with Crippen molar-refractivity contribution in [2.45, 2.75) is 18.4 Å². The van der Waals surface area contributed by atoms with Crippen molar-refractivity contribution in [1.82, 2.24) is 5.32 Å². The molecule has 1 aliphatic carbocycles. The van der Waals surface area contributed by atoms with Crippen LogP contribution in [0.4, 0.5) is 0 Å². The van der Waals surface area contributed by atoms with Crippen LogP contribution < -0.4 is 5.32 Å². The van der Waals surface area contributed by atoms with Crippen molar-refractivity contribution in [3.63, 3.8) is 0 Å². The number of rotatable bonds is 3. The largest absolute Gasteiger partial charge is 0.463 e. The number of furan rings is 1. The van der Waals surface area contributed by atoms with Gasteiger partial charge in [-0.1, -0.05) is 18.2 Å². The number of amides is 1. The van der Waals surface area contributed by atoms with E-state index in [2.05, 4.69) is 5.32 Å². The van der Waals surface area contributed by atoms with Gasteiger partial charge in [0, 0.05) is 11.3 Å². The molecule has 1 aromatic carbocycles. The predicted octanol–water partition coefficient (Wildman–Crippen LogP) is 2.93. The molecule has 0 bridgehead atoms. The third-order valence-corrected chi connectivity index (χ3v) is 3.73. The molecule has 0 unspecified atom stereocenters. The third kappa shape index (κ3) is 1.80. The molecule has 0 saturated heterocycles. The lowest BCUT2D eigenvalue weighted by Gasteiger charge is -2.12. The van der Waals surface area contributed by atoms with Crippen molar-refractivity contribution >= 4 is 28.5 Å². The first-order chi connectivity index (χ1) is 8.24. The Morgan fingerprint density at radius 3 is 2.88 bits per heavy atom. The molecule has 3 rings (SSSR count). The number of benzene rings is 1. The van der Waals surface area contributed by atoms with E-state index in [1.807, 2.05) is 24.3 Å². The summed E-state index contributed by atoms with van der Waals surface area (Å²) in [6.45, 7) is 0. The second kappa shape index (κ2) is 3.77. The van der Waals surface area contributed by atoms with Crippen LogP contribution in [0.15, 0.2) is 34.9 Å². The molecule has 0 atom stereocenters. The third-order valence-electron chi connectivity index (χ3n) is 3.21. The van der Waals surface area contributed by atoms with E-state index in [1.165, 1.54) is 6.26 Å². The summed E-state index contributed by atoms with van der Waals surface area (Å²) in [4.78, 5) is 12.1. The highest BCUT2D eigenvalue weighted by molar-refractivity contribution is 6.19. The van der Waals surface area contributed by atoms with Crippen LogP contribution in [-0.2, 0) is 0 Å². The first-order valence-electron chi connectivity index (χ1n) is 5.59. The summed E-state index contributed by atoms with van der Waals surface area (Å²) in [5.41, 5.74) is 1.13. The Morgan fingerprint density at radius 1 is 1.41 bits per heavy atom. The van der Waals surface area contributed by atoms with Crippen LogP contribution in [0, 0.1) is 0 Å².